The van der Waals surface area contributed by atoms with Crippen LogP contribution >= 0.6 is 0 Å². The fourth-order valence-corrected chi connectivity index (χ4v) is 5.73. The fraction of sp³-hybridized carbons (Fsp3) is 0.367. The van der Waals surface area contributed by atoms with Crippen LogP contribution in [0.5, 0.6) is 0 Å². The van der Waals surface area contributed by atoms with Crippen molar-refractivity contribution in [2.75, 3.05) is 0 Å². The molecule has 36 heavy (non-hydrogen) atoms. The SMILES string of the molecule is Cc1c2[n-]c(c1C)/C=c1\[n-]/c(c(C)c1C)=C\c1[n-]c3c(c1C)C(=O)[C@H](C)/C3=C1/[N-]/C(=C\2)[C@@H](C)[C@@H]1C.[Mg+2]. The molecular weight excluding hydrogens is 457 g/mol. The van der Waals surface area contributed by atoms with Crippen molar-refractivity contribution >= 4 is 52.6 Å². The molecule has 3 atom stereocenters. The summed E-state index contributed by atoms with van der Waals surface area (Å²) in [5, 5.41) is 6.96. The van der Waals surface area contributed by atoms with Gasteiger partial charge in [-0.1, -0.05) is 72.4 Å². The molecule has 5 heterocycles. The van der Waals surface area contributed by atoms with E-state index in [-0.39, 0.29) is 46.6 Å². The first-order valence-corrected chi connectivity index (χ1v) is 12.4. The van der Waals surface area contributed by atoms with Gasteiger partial charge in [0.2, 0.25) is 0 Å². The molecule has 3 aromatic rings. The van der Waals surface area contributed by atoms with Crippen molar-refractivity contribution < 1.29 is 4.79 Å². The minimum Gasteiger partial charge on any atom is -0.664 e. The van der Waals surface area contributed by atoms with Crippen molar-refractivity contribution in [1.29, 1.82) is 0 Å². The van der Waals surface area contributed by atoms with E-state index in [4.69, 9.17) is 20.3 Å². The van der Waals surface area contributed by atoms with Gasteiger partial charge in [0.25, 0.3) is 0 Å². The van der Waals surface area contributed by atoms with Crippen LogP contribution in [0.2, 0.25) is 0 Å². The molecule has 180 valence electrons. The fourth-order valence-electron chi connectivity index (χ4n) is 5.73. The molecule has 1 aliphatic carbocycles. The first-order valence-electron chi connectivity index (χ1n) is 12.4. The molecular formula is C30H30MgN4O-2. The van der Waals surface area contributed by atoms with E-state index < -0.39 is 0 Å². The van der Waals surface area contributed by atoms with E-state index in [0.717, 1.165) is 72.7 Å². The summed E-state index contributed by atoms with van der Waals surface area (Å²) in [6.07, 6.45) is 6.26. The summed E-state index contributed by atoms with van der Waals surface area (Å²) >= 11 is 0. The zero-order valence-corrected chi connectivity index (χ0v) is 23.8. The first-order chi connectivity index (χ1) is 16.6. The van der Waals surface area contributed by atoms with Crippen LogP contribution in [-0.4, -0.2) is 28.8 Å². The molecule has 0 radical (unpaired) electrons. The average Bonchev–Trinajstić information content (AvgIpc) is 3.52. The summed E-state index contributed by atoms with van der Waals surface area (Å²) in [7, 11) is 0. The van der Waals surface area contributed by atoms with Crippen LogP contribution in [0.25, 0.3) is 29.1 Å². The third-order valence-electron chi connectivity index (χ3n) is 8.70. The molecule has 8 bridgehead atoms. The van der Waals surface area contributed by atoms with Gasteiger partial charge < -0.3 is 20.3 Å². The summed E-state index contributed by atoms with van der Waals surface area (Å²) in [6, 6.07) is 0. The Balaban J connectivity index is 0.00000267. The van der Waals surface area contributed by atoms with E-state index in [2.05, 4.69) is 53.7 Å². The molecule has 0 saturated carbocycles. The van der Waals surface area contributed by atoms with Gasteiger partial charge in [0.05, 0.1) is 0 Å². The van der Waals surface area contributed by atoms with E-state index in [9.17, 15) is 4.79 Å². The Hall–Kier alpha value is -2.70. The van der Waals surface area contributed by atoms with Gasteiger partial charge in [-0.05, 0) is 46.5 Å². The largest absolute Gasteiger partial charge is 2.00 e. The number of carbonyl (C=O) groups excluding carboxylic acids is 1. The summed E-state index contributed by atoms with van der Waals surface area (Å²) in [6.45, 7) is 16.9. The summed E-state index contributed by atoms with van der Waals surface area (Å²) in [4.78, 5) is 28.4. The van der Waals surface area contributed by atoms with Crippen LogP contribution < -0.4 is 25.7 Å². The van der Waals surface area contributed by atoms with E-state index in [1.165, 1.54) is 11.1 Å². The van der Waals surface area contributed by atoms with E-state index >= 15 is 0 Å². The van der Waals surface area contributed by atoms with Crippen LogP contribution in [0, 0.1) is 52.4 Å². The number of Topliss-reactive ketones (excluding diaryl/α,β-unsaturated/α-hetero) is 1. The molecule has 6 heteroatoms. The van der Waals surface area contributed by atoms with Crippen molar-refractivity contribution in [2.24, 2.45) is 17.8 Å². The predicted octanol–water partition coefficient (Wildman–Crippen LogP) is 3.93. The Labute approximate surface area is 228 Å². The number of ketones is 1. The topological polar surface area (TPSA) is 73.5 Å². The van der Waals surface area contributed by atoms with Crippen molar-refractivity contribution in [3.8, 4) is 0 Å². The van der Waals surface area contributed by atoms with Crippen molar-refractivity contribution in [3.05, 3.63) is 83.6 Å². The third kappa shape index (κ3) is 3.30. The van der Waals surface area contributed by atoms with Gasteiger partial charge in [-0.3, -0.25) is 4.79 Å². The molecule has 3 aromatic heterocycles. The zero-order chi connectivity index (χ0) is 24.9. The number of carbonyl (C=O) groups is 1. The second-order valence-electron chi connectivity index (χ2n) is 10.5. The monoisotopic (exact) mass is 486 g/mol. The summed E-state index contributed by atoms with van der Waals surface area (Å²) in [5.74, 6) is 0.340. The van der Waals surface area contributed by atoms with E-state index in [1.54, 1.807) is 0 Å². The normalized spacial score (nSPS) is 27.5. The van der Waals surface area contributed by atoms with Gasteiger partial charge in [0, 0.05) is 11.5 Å². The zero-order valence-electron chi connectivity index (χ0n) is 22.4. The molecule has 1 fully saturated rings. The second kappa shape index (κ2) is 8.42. The molecule has 0 amide bonds. The molecule has 2 aliphatic heterocycles. The molecule has 6 rings (SSSR count). The molecule has 5 nitrogen and oxygen atoms in total. The van der Waals surface area contributed by atoms with Crippen molar-refractivity contribution in [3.63, 3.8) is 0 Å². The maximum Gasteiger partial charge on any atom is 2.00 e. The van der Waals surface area contributed by atoms with Gasteiger partial charge in [0.15, 0.2) is 5.78 Å². The van der Waals surface area contributed by atoms with Crippen LogP contribution in [0.1, 0.15) is 81.7 Å². The Kier molecular flexibility index (Phi) is 5.84. The second-order valence-corrected chi connectivity index (χ2v) is 10.5. The molecule has 0 spiro atoms. The Morgan fingerprint density at radius 2 is 1.22 bits per heavy atom. The number of aromatic nitrogens is 3. The van der Waals surface area contributed by atoms with Gasteiger partial charge in [-0.25, -0.2) is 0 Å². The van der Waals surface area contributed by atoms with Crippen LogP contribution in [0.15, 0.2) is 11.4 Å². The molecule has 3 aliphatic rings. The number of fused-ring (bicyclic) bond motifs is 7. The van der Waals surface area contributed by atoms with Crippen LogP contribution in [0.3, 0.4) is 0 Å². The van der Waals surface area contributed by atoms with Gasteiger partial charge in [-0.2, -0.15) is 11.4 Å². The standard InChI is InChI=1S/C30H31N4O.Mg/c1-12-14(3)22-10-24-16(5)17(6)28(33-24)26-19(8)30(35)27-18(7)25(34-29(26)27)11-23-15(4)13(2)21(32-23)9-20(12)31-22;/h9-11,16-17,19H,1-8H3,(H-,33,34,35);/q-3;+2/p-1/b21-9-,23-11-,24-10-;/t16-,17-,19+;/m0./s1. The molecule has 0 aromatic carbocycles. The van der Waals surface area contributed by atoms with Gasteiger partial charge >= 0.3 is 23.1 Å². The minimum atomic E-state index is -0.234. The first kappa shape index (κ1) is 25.0. The maximum atomic E-state index is 13.4. The third-order valence-corrected chi connectivity index (χ3v) is 8.70. The van der Waals surface area contributed by atoms with E-state index in [0.29, 0.717) is 0 Å². The number of allylic oxidation sites excluding steroid dienone is 3. The molecule has 0 unspecified atom stereocenters. The van der Waals surface area contributed by atoms with Crippen molar-refractivity contribution in [1.82, 2.24) is 15.0 Å². The Morgan fingerprint density at radius 3 is 1.83 bits per heavy atom. The summed E-state index contributed by atoms with van der Waals surface area (Å²) in [5.41, 5.74) is 12.8. The van der Waals surface area contributed by atoms with Crippen LogP contribution in [-0.2, 0) is 0 Å². The number of rotatable bonds is 0. The van der Waals surface area contributed by atoms with Crippen LogP contribution in [0.4, 0.5) is 0 Å². The summed E-state index contributed by atoms with van der Waals surface area (Å²) < 4.78 is 0. The molecule has 0 N–H and O–H groups in total. The number of hydrogen-bond acceptors (Lipinski definition) is 1. The Morgan fingerprint density at radius 1 is 0.667 bits per heavy atom. The van der Waals surface area contributed by atoms with E-state index in [1.807, 2.05) is 19.9 Å². The number of hydrogen-bond donors (Lipinski definition) is 0. The molecule has 1 saturated heterocycles. The van der Waals surface area contributed by atoms with Gasteiger partial charge in [-0.15, -0.1) is 33.5 Å². The average molecular weight is 487 g/mol. The minimum absolute atomic E-state index is 0. The van der Waals surface area contributed by atoms with Gasteiger partial charge in [0.1, 0.15) is 0 Å². The van der Waals surface area contributed by atoms with Crippen molar-refractivity contribution in [2.45, 2.75) is 55.4 Å². The Bertz CT molecular complexity index is 1640. The predicted molar refractivity (Wildman–Crippen MR) is 145 cm³/mol. The number of nitrogens with zero attached hydrogens (tertiary/aromatic N) is 4. The smallest absolute Gasteiger partial charge is 0.664 e. The quantitative estimate of drug-likeness (QED) is 0.451. The maximum absolute atomic E-state index is 13.4.